The molecule has 0 saturated heterocycles. The van der Waals surface area contributed by atoms with E-state index in [1.54, 1.807) is 30.3 Å². The van der Waals surface area contributed by atoms with E-state index in [4.69, 9.17) is 11.6 Å². The molecule has 232 valence electrons. The van der Waals surface area contributed by atoms with Crippen molar-refractivity contribution in [3.05, 3.63) is 153 Å². The Hall–Kier alpha value is -4.24. The predicted molar refractivity (Wildman–Crippen MR) is 156 cm³/mol. The molecule has 5 aromatic rings. The average Bonchev–Trinajstić information content (AvgIpc) is 2.97. The monoisotopic (exact) mass is 648 g/mol. The summed E-state index contributed by atoms with van der Waals surface area (Å²) in [4.78, 5) is 0. The second-order valence-electron chi connectivity index (χ2n) is 10.4. The first-order chi connectivity index (χ1) is 21.1. The molecule has 0 atom stereocenters. The Labute approximate surface area is 257 Å². The summed E-state index contributed by atoms with van der Waals surface area (Å²) in [5.41, 5.74) is -4.49. The first-order valence-corrected chi connectivity index (χ1v) is 13.9. The van der Waals surface area contributed by atoms with Gasteiger partial charge >= 0.3 is 18.5 Å². The first kappa shape index (κ1) is 32.2. The Morgan fingerprint density at radius 2 is 1.16 bits per heavy atom. The Balaban J connectivity index is 1.92. The van der Waals surface area contributed by atoms with E-state index in [2.05, 4.69) is 0 Å². The summed E-state index contributed by atoms with van der Waals surface area (Å²) in [6.45, 7) is 0. The summed E-state index contributed by atoms with van der Waals surface area (Å²) in [6.07, 6.45) is -15.6. The molecule has 0 aliphatic carbocycles. The third-order valence-corrected chi connectivity index (χ3v) is 7.59. The van der Waals surface area contributed by atoms with Crippen molar-refractivity contribution in [1.82, 2.24) is 0 Å². The molecule has 0 aliphatic rings. The lowest BCUT2D eigenvalue weighted by Crippen LogP contribution is -2.17. The number of hydrogen-bond donors (Lipinski definition) is 0. The topological polar surface area (TPSA) is 0 Å². The number of halogens is 10. The lowest BCUT2D eigenvalue weighted by atomic mass is 9.81. The molecule has 0 unspecified atom stereocenters. The molecule has 0 bridgehead atoms. The van der Waals surface area contributed by atoms with Crippen LogP contribution in [0.4, 0.5) is 39.5 Å². The maximum Gasteiger partial charge on any atom is 0.417 e. The largest absolute Gasteiger partial charge is 0.417 e. The number of hydrogen-bond acceptors (Lipinski definition) is 0. The van der Waals surface area contributed by atoms with Gasteiger partial charge in [-0.05, 0) is 88.2 Å². The Morgan fingerprint density at radius 1 is 0.511 bits per heavy atom. The van der Waals surface area contributed by atoms with E-state index in [9.17, 15) is 26.3 Å². The van der Waals surface area contributed by atoms with E-state index in [0.717, 1.165) is 24.3 Å². The molecule has 0 radical (unpaired) electrons. The van der Waals surface area contributed by atoms with Crippen LogP contribution >= 0.6 is 11.6 Å². The van der Waals surface area contributed by atoms with Gasteiger partial charge in [-0.2, -0.15) is 39.5 Å². The molecule has 0 aromatic heterocycles. The van der Waals surface area contributed by atoms with Crippen molar-refractivity contribution < 1.29 is 39.5 Å². The van der Waals surface area contributed by atoms with Crippen molar-refractivity contribution in [2.24, 2.45) is 0 Å². The Bertz CT molecular complexity index is 1820. The molecule has 0 nitrogen and oxygen atoms in total. The van der Waals surface area contributed by atoms with Crippen LogP contribution in [0.15, 0.2) is 109 Å². The van der Waals surface area contributed by atoms with Crippen LogP contribution in [0.25, 0.3) is 22.3 Å². The van der Waals surface area contributed by atoms with Crippen molar-refractivity contribution in [3.8, 4) is 22.3 Å². The van der Waals surface area contributed by atoms with Crippen LogP contribution < -0.4 is 0 Å². The average molecular weight is 649 g/mol. The number of rotatable bonds is 6. The maximum atomic E-state index is 15.4. The van der Waals surface area contributed by atoms with Crippen molar-refractivity contribution in [1.29, 1.82) is 0 Å². The van der Waals surface area contributed by atoms with Crippen molar-refractivity contribution >= 4 is 11.6 Å². The zero-order valence-electron chi connectivity index (χ0n) is 23.1. The van der Waals surface area contributed by atoms with Gasteiger partial charge in [0.2, 0.25) is 0 Å². The minimum atomic E-state index is -5.12. The first-order valence-electron chi connectivity index (χ1n) is 13.5. The molecule has 0 aliphatic heterocycles. The summed E-state index contributed by atoms with van der Waals surface area (Å²) in [5.74, 6) is 0. The van der Waals surface area contributed by atoms with E-state index in [1.165, 1.54) is 48.5 Å². The molecule has 0 heterocycles. The van der Waals surface area contributed by atoms with E-state index >= 15 is 13.2 Å². The van der Waals surface area contributed by atoms with Gasteiger partial charge in [0.1, 0.15) is 0 Å². The van der Waals surface area contributed by atoms with Crippen LogP contribution in [0.2, 0.25) is 5.02 Å². The summed E-state index contributed by atoms with van der Waals surface area (Å²) in [6, 6.07) is 23.3. The highest BCUT2D eigenvalue weighted by molar-refractivity contribution is 6.30. The SMILES string of the molecule is FC(F)(F)c1cccc(-c2c(-c3cccc(Cl)c3)cc(Cc3ccccc3C(F)(F)F)c(Cc3ccccc3)c2C(F)(F)F)c1. The van der Waals surface area contributed by atoms with Gasteiger partial charge < -0.3 is 0 Å². The summed E-state index contributed by atoms with van der Waals surface area (Å²) >= 11 is 6.19. The van der Waals surface area contributed by atoms with Gasteiger partial charge in [-0.15, -0.1) is 0 Å². The molecular formula is C35H22ClF9. The fraction of sp³-hybridized carbons (Fsp3) is 0.143. The smallest absolute Gasteiger partial charge is 0.166 e. The predicted octanol–water partition coefficient (Wildman–Crippen LogP) is 11.9. The van der Waals surface area contributed by atoms with Gasteiger partial charge in [-0.25, -0.2) is 0 Å². The zero-order chi connectivity index (χ0) is 32.6. The molecule has 0 spiro atoms. The maximum absolute atomic E-state index is 15.4. The lowest BCUT2D eigenvalue weighted by Gasteiger charge is -2.26. The lowest BCUT2D eigenvalue weighted by molar-refractivity contribution is -0.139. The molecule has 5 rings (SSSR count). The van der Waals surface area contributed by atoms with Crippen LogP contribution in [-0.4, -0.2) is 0 Å². The van der Waals surface area contributed by atoms with E-state index in [0.29, 0.717) is 11.6 Å². The zero-order valence-corrected chi connectivity index (χ0v) is 23.8. The van der Waals surface area contributed by atoms with E-state index in [1.807, 2.05) is 0 Å². The quantitative estimate of drug-likeness (QED) is 0.161. The molecule has 0 amide bonds. The highest BCUT2D eigenvalue weighted by Crippen LogP contribution is 2.48. The molecule has 45 heavy (non-hydrogen) atoms. The van der Waals surface area contributed by atoms with Crippen molar-refractivity contribution in [2.45, 2.75) is 31.4 Å². The van der Waals surface area contributed by atoms with Gasteiger partial charge in [0.15, 0.2) is 0 Å². The molecule has 0 saturated carbocycles. The highest BCUT2D eigenvalue weighted by atomic mass is 35.5. The second kappa shape index (κ2) is 12.3. The van der Waals surface area contributed by atoms with Crippen molar-refractivity contribution in [2.75, 3.05) is 0 Å². The molecule has 0 N–H and O–H groups in total. The van der Waals surface area contributed by atoms with E-state index < -0.39 is 47.2 Å². The Kier molecular flexibility index (Phi) is 8.77. The van der Waals surface area contributed by atoms with Gasteiger partial charge in [-0.1, -0.05) is 84.4 Å². The van der Waals surface area contributed by atoms with Gasteiger partial charge in [0.05, 0.1) is 16.7 Å². The summed E-state index contributed by atoms with van der Waals surface area (Å²) in [7, 11) is 0. The van der Waals surface area contributed by atoms with Crippen LogP contribution in [0.3, 0.4) is 0 Å². The normalized spacial score (nSPS) is 12.4. The molecule has 0 fully saturated rings. The fourth-order valence-electron chi connectivity index (χ4n) is 5.44. The minimum absolute atomic E-state index is 0.0615. The standard InChI is InChI=1S/C35H22ClF9/c36-27-14-7-11-22(19-27)28-20-25(17-23-10-4-5-15-30(23)34(40,41)42)29(16-21-8-2-1-3-9-21)32(35(43,44)45)31(28)24-12-6-13-26(18-24)33(37,38)39/h1-15,18-20H,16-17H2. The Morgan fingerprint density at radius 3 is 1.80 bits per heavy atom. The van der Waals surface area contributed by atoms with Crippen LogP contribution in [-0.2, 0) is 31.4 Å². The third-order valence-electron chi connectivity index (χ3n) is 7.35. The van der Waals surface area contributed by atoms with Crippen molar-refractivity contribution in [3.63, 3.8) is 0 Å². The van der Waals surface area contributed by atoms with Crippen LogP contribution in [0, 0.1) is 0 Å². The molecule has 10 heteroatoms. The highest BCUT2D eigenvalue weighted by Gasteiger charge is 2.40. The summed E-state index contributed by atoms with van der Waals surface area (Å²) < 4.78 is 129. The minimum Gasteiger partial charge on any atom is -0.166 e. The van der Waals surface area contributed by atoms with Gasteiger partial charge in [-0.3, -0.25) is 0 Å². The fourth-order valence-corrected chi connectivity index (χ4v) is 5.63. The van der Waals surface area contributed by atoms with Gasteiger partial charge in [0.25, 0.3) is 0 Å². The van der Waals surface area contributed by atoms with Crippen LogP contribution in [0.5, 0.6) is 0 Å². The second-order valence-corrected chi connectivity index (χ2v) is 10.8. The number of alkyl halides is 9. The van der Waals surface area contributed by atoms with Crippen LogP contribution in [0.1, 0.15) is 38.9 Å². The molecule has 5 aromatic carbocycles. The van der Waals surface area contributed by atoms with Gasteiger partial charge in [0, 0.05) is 10.6 Å². The molecular weight excluding hydrogens is 627 g/mol. The van der Waals surface area contributed by atoms with E-state index in [-0.39, 0.29) is 44.8 Å². The summed E-state index contributed by atoms with van der Waals surface area (Å²) in [5, 5.41) is 0.147. The number of benzene rings is 5. The third kappa shape index (κ3) is 7.20.